The van der Waals surface area contributed by atoms with Crippen molar-refractivity contribution in [1.82, 2.24) is 15.5 Å². The van der Waals surface area contributed by atoms with E-state index < -0.39 is 24.3 Å². The zero-order valence-electron chi connectivity index (χ0n) is 18.6. The fraction of sp³-hybridized carbons (Fsp3) is 0.440. The van der Waals surface area contributed by atoms with E-state index in [1.165, 1.54) is 0 Å². The molecule has 0 spiro atoms. The van der Waals surface area contributed by atoms with Crippen LogP contribution in [0.4, 0.5) is 4.79 Å². The van der Waals surface area contributed by atoms with Gasteiger partial charge in [-0.3, -0.25) is 10.1 Å². The third kappa shape index (κ3) is 5.66. The SMILES string of the molecule is CCCCC1N[C@@H]([C@H](O)[C@H](Cc2ccccc2)NC(=O)O)C(=O)N1[C@@H](C)c1ccccc1. The largest absolute Gasteiger partial charge is 0.465 e. The van der Waals surface area contributed by atoms with Crippen molar-refractivity contribution in [1.29, 1.82) is 0 Å². The lowest BCUT2D eigenvalue weighted by Crippen LogP contribution is -2.54. The van der Waals surface area contributed by atoms with Crippen molar-refractivity contribution in [2.24, 2.45) is 0 Å². The molecule has 1 unspecified atom stereocenters. The Hall–Kier alpha value is -2.90. The second-order valence-electron chi connectivity index (χ2n) is 8.37. The summed E-state index contributed by atoms with van der Waals surface area (Å²) in [6.07, 6.45) is 0.311. The molecule has 2 amide bonds. The van der Waals surface area contributed by atoms with Crippen molar-refractivity contribution in [3.63, 3.8) is 0 Å². The van der Waals surface area contributed by atoms with Gasteiger partial charge in [0.2, 0.25) is 5.91 Å². The van der Waals surface area contributed by atoms with E-state index in [0.29, 0.717) is 0 Å². The summed E-state index contributed by atoms with van der Waals surface area (Å²) < 4.78 is 0. The number of amides is 2. The zero-order chi connectivity index (χ0) is 23.1. The van der Waals surface area contributed by atoms with Gasteiger partial charge in [0.1, 0.15) is 6.04 Å². The molecule has 1 aliphatic rings. The van der Waals surface area contributed by atoms with Crippen molar-refractivity contribution in [3.8, 4) is 0 Å². The third-order valence-electron chi connectivity index (χ3n) is 6.12. The number of nitrogens with zero attached hydrogens (tertiary/aromatic N) is 1. The highest BCUT2D eigenvalue weighted by atomic mass is 16.4. The topological polar surface area (TPSA) is 102 Å². The first-order valence-corrected chi connectivity index (χ1v) is 11.3. The van der Waals surface area contributed by atoms with E-state index in [9.17, 15) is 19.8 Å². The van der Waals surface area contributed by atoms with Gasteiger partial charge in [0.15, 0.2) is 0 Å². The quantitative estimate of drug-likeness (QED) is 0.455. The maximum absolute atomic E-state index is 13.5. The maximum Gasteiger partial charge on any atom is 0.404 e. The molecule has 0 aromatic heterocycles. The summed E-state index contributed by atoms with van der Waals surface area (Å²) in [5, 5.41) is 26.2. The minimum atomic E-state index is -1.23. The fourth-order valence-corrected chi connectivity index (χ4v) is 4.41. The van der Waals surface area contributed by atoms with Gasteiger partial charge in [-0.2, -0.15) is 0 Å². The van der Waals surface area contributed by atoms with Gasteiger partial charge in [0.25, 0.3) is 0 Å². The van der Waals surface area contributed by atoms with E-state index in [0.717, 1.165) is 30.4 Å². The molecule has 1 heterocycles. The molecule has 32 heavy (non-hydrogen) atoms. The Morgan fingerprint density at radius 2 is 1.75 bits per heavy atom. The second-order valence-corrected chi connectivity index (χ2v) is 8.37. The van der Waals surface area contributed by atoms with Crippen molar-refractivity contribution in [3.05, 3.63) is 71.8 Å². The van der Waals surface area contributed by atoms with E-state index in [1.54, 1.807) is 4.90 Å². The van der Waals surface area contributed by atoms with E-state index in [-0.39, 0.29) is 24.5 Å². The monoisotopic (exact) mass is 439 g/mol. The summed E-state index contributed by atoms with van der Waals surface area (Å²) in [4.78, 5) is 26.7. The first kappa shape index (κ1) is 23.8. The van der Waals surface area contributed by atoms with Crippen LogP contribution in [-0.2, 0) is 11.2 Å². The number of benzene rings is 2. The molecule has 1 fully saturated rings. The first-order valence-electron chi connectivity index (χ1n) is 11.3. The van der Waals surface area contributed by atoms with Crippen molar-refractivity contribution in [2.75, 3.05) is 0 Å². The van der Waals surface area contributed by atoms with Crippen LogP contribution < -0.4 is 10.6 Å². The number of hydrogen-bond donors (Lipinski definition) is 4. The van der Waals surface area contributed by atoms with Gasteiger partial charge in [-0.05, 0) is 30.9 Å². The second kappa shape index (κ2) is 11.1. The van der Waals surface area contributed by atoms with E-state index in [4.69, 9.17) is 0 Å². The minimum Gasteiger partial charge on any atom is -0.465 e. The zero-order valence-corrected chi connectivity index (χ0v) is 18.6. The molecule has 7 heteroatoms. The highest BCUT2D eigenvalue weighted by molar-refractivity contribution is 5.85. The smallest absolute Gasteiger partial charge is 0.404 e. The Labute approximate surface area is 189 Å². The number of aliphatic hydroxyl groups excluding tert-OH is 1. The van der Waals surface area contributed by atoms with E-state index >= 15 is 0 Å². The van der Waals surface area contributed by atoms with Crippen LogP contribution in [0.15, 0.2) is 60.7 Å². The predicted molar refractivity (Wildman–Crippen MR) is 123 cm³/mol. The molecule has 3 rings (SSSR count). The molecule has 4 N–H and O–H groups in total. The number of nitrogens with one attached hydrogen (secondary N) is 2. The van der Waals surface area contributed by atoms with Gasteiger partial charge in [0.05, 0.1) is 24.4 Å². The number of unbranched alkanes of at least 4 members (excludes halogenated alkanes) is 1. The third-order valence-corrected chi connectivity index (χ3v) is 6.12. The molecular weight excluding hydrogens is 406 g/mol. The van der Waals surface area contributed by atoms with Crippen LogP contribution in [0, 0.1) is 0 Å². The number of carbonyl (C=O) groups is 2. The Morgan fingerprint density at radius 3 is 2.34 bits per heavy atom. The summed E-state index contributed by atoms with van der Waals surface area (Å²) in [6.45, 7) is 4.08. The van der Waals surface area contributed by atoms with E-state index in [2.05, 4.69) is 17.6 Å². The predicted octanol–water partition coefficient (Wildman–Crippen LogP) is 3.30. The van der Waals surface area contributed by atoms with Gasteiger partial charge in [0, 0.05) is 0 Å². The average Bonchev–Trinajstić information content (AvgIpc) is 3.13. The number of carboxylic acid groups (broad SMARTS) is 1. The molecule has 5 atom stereocenters. The van der Waals surface area contributed by atoms with Gasteiger partial charge >= 0.3 is 6.09 Å². The molecule has 0 aliphatic carbocycles. The lowest BCUT2D eigenvalue weighted by Gasteiger charge is -2.31. The molecule has 2 aromatic rings. The highest BCUT2D eigenvalue weighted by Crippen LogP contribution is 2.30. The van der Waals surface area contributed by atoms with Crippen LogP contribution in [-0.4, -0.2) is 51.5 Å². The molecule has 0 bridgehead atoms. The molecule has 1 saturated heterocycles. The van der Waals surface area contributed by atoms with Crippen molar-refractivity contribution in [2.45, 2.75) is 69.9 Å². The summed E-state index contributed by atoms with van der Waals surface area (Å²) in [5.74, 6) is -0.208. The summed E-state index contributed by atoms with van der Waals surface area (Å²) in [5.41, 5.74) is 1.90. The molecular formula is C25H33N3O4. The van der Waals surface area contributed by atoms with Crippen molar-refractivity contribution >= 4 is 12.0 Å². The summed E-state index contributed by atoms with van der Waals surface area (Å²) >= 11 is 0. The molecule has 7 nitrogen and oxygen atoms in total. The number of hydrogen-bond acceptors (Lipinski definition) is 4. The Morgan fingerprint density at radius 1 is 1.12 bits per heavy atom. The molecule has 0 saturated carbocycles. The van der Waals surface area contributed by atoms with Gasteiger partial charge < -0.3 is 20.4 Å². The Balaban J connectivity index is 1.84. The molecule has 172 valence electrons. The first-order chi connectivity index (χ1) is 15.4. The highest BCUT2D eigenvalue weighted by Gasteiger charge is 2.46. The minimum absolute atomic E-state index is 0.171. The van der Waals surface area contributed by atoms with Crippen LogP contribution in [0.25, 0.3) is 0 Å². The standard InChI is InChI=1S/C25H33N3O4/c1-3-4-15-21-27-22(24(30)28(21)17(2)19-13-9-6-10-14-19)23(29)20(26-25(31)32)16-18-11-7-5-8-12-18/h5-14,17,20-23,26-27,29H,3-4,15-16H2,1-2H3,(H,31,32)/t17-,20-,21?,22-,23+/m0/s1. The van der Waals surface area contributed by atoms with Crippen LogP contribution in [0.3, 0.4) is 0 Å². The van der Waals surface area contributed by atoms with Gasteiger partial charge in [-0.25, -0.2) is 4.79 Å². The van der Waals surface area contributed by atoms with Crippen molar-refractivity contribution < 1.29 is 19.8 Å². The Kier molecular flexibility index (Phi) is 8.25. The summed E-state index contributed by atoms with van der Waals surface area (Å²) in [7, 11) is 0. The normalized spacial score (nSPS) is 21.2. The Bertz CT molecular complexity index is 877. The van der Waals surface area contributed by atoms with Crippen LogP contribution >= 0.6 is 0 Å². The lowest BCUT2D eigenvalue weighted by atomic mass is 9.96. The maximum atomic E-state index is 13.5. The summed E-state index contributed by atoms with van der Waals surface area (Å²) in [6, 6.07) is 17.3. The van der Waals surface area contributed by atoms with Gasteiger partial charge in [-0.1, -0.05) is 80.4 Å². The van der Waals surface area contributed by atoms with Gasteiger partial charge in [-0.15, -0.1) is 0 Å². The number of carbonyl (C=O) groups excluding carboxylic acids is 1. The fourth-order valence-electron chi connectivity index (χ4n) is 4.41. The number of aliphatic hydroxyl groups is 1. The van der Waals surface area contributed by atoms with E-state index in [1.807, 2.05) is 67.6 Å². The molecule has 2 aromatic carbocycles. The number of rotatable bonds is 10. The van der Waals surface area contributed by atoms with Crippen LogP contribution in [0.2, 0.25) is 0 Å². The molecule has 1 aliphatic heterocycles. The van der Waals surface area contributed by atoms with Crippen LogP contribution in [0.1, 0.15) is 50.3 Å². The lowest BCUT2D eigenvalue weighted by molar-refractivity contribution is -0.134. The average molecular weight is 440 g/mol. The molecule has 0 radical (unpaired) electrons. The van der Waals surface area contributed by atoms with Crippen LogP contribution in [0.5, 0.6) is 0 Å².